The zero-order chi connectivity index (χ0) is 20.6. The zero-order valence-electron chi connectivity index (χ0n) is 15.5. The van der Waals surface area contributed by atoms with Crippen molar-refractivity contribution < 1.29 is 32.3 Å². The third kappa shape index (κ3) is 4.00. The Morgan fingerprint density at radius 2 is 1.69 bits per heavy atom. The number of esters is 1. The summed E-state index contributed by atoms with van der Waals surface area (Å²) in [5.41, 5.74) is -0.562. The summed E-state index contributed by atoms with van der Waals surface area (Å²) in [5.74, 6) is 0.0754. The van der Waals surface area contributed by atoms with E-state index in [4.69, 9.17) is 14.2 Å². The van der Waals surface area contributed by atoms with Crippen molar-refractivity contribution in [2.24, 2.45) is 0 Å². The first-order chi connectivity index (χ1) is 13.8. The number of ether oxygens (including phenoxy) is 3. The van der Waals surface area contributed by atoms with Crippen LogP contribution in [0, 0.1) is 10.1 Å². The largest absolute Gasteiger partial charge is 0.486 e. The molecule has 0 spiro atoms. The van der Waals surface area contributed by atoms with Crippen molar-refractivity contribution in [3.8, 4) is 11.5 Å². The Kier molecular flexibility index (Phi) is 5.32. The van der Waals surface area contributed by atoms with Crippen LogP contribution >= 0.6 is 0 Å². The third-order valence-corrected chi connectivity index (χ3v) is 6.86. The van der Waals surface area contributed by atoms with Gasteiger partial charge in [-0.2, -0.15) is 0 Å². The second-order valence-electron chi connectivity index (χ2n) is 7.12. The van der Waals surface area contributed by atoms with E-state index in [2.05, 4.69) is 4.72 Å². The van der Waals surface area contributed by atoms with Crippen molar-refractivity contribution in [1.29, 1.82) is 0 Å². The van der Waals surface area contributed by atoms with Crippen LogP contribution in [0.4, 0.5) is 5.69 Å². The first-order valence-corrected chi connectivity index (χ1v) is 10.8. The zero-order valence-corrected chi connectivity index (χ0v) is 16.4. The van der Waals surface area contributed by atoms with Crippen molar-refractivity contribution >= 4 is 21.7 Å². The van der Waals surface area contributed by atoms with E-state index < -0.39 is 25.5 Å². The molecule has 2 fully saturated rings. The first kappa shape index (κ1) is 19.9. The number of carbonyl (C=O) groups is 1. The molecular weight excluding hydrogens is 406 g/mol. The van der Waals surface area contributed by atoms with E-state index in [0.29, 0.717) is 39.0 Å². The minimum atomic E-state index is -4.15. The van der Waals surface area contributed by atoms with Crippen molar-refractivity contribution in [3.63, 3.8) is 0 Å². The standard InChI is InChI=1S/C17H21N3O8S/c21-17-12(3-6-28-17)19-4-1-11(2-5-19)18-29(24,25)16-10-15-14(26-7-8-27-15)9-13(16)20(22)23/h9-12,18H,1-8H2. The summed E-state index contributed by atoms with van der Waals surface area (Å²) >= 11 is 0. The lowest BCUT2D eigenvalue weighted by Crippen LogP contribution is -2.49. The fraction of sp³-hybridized carbons (Fsp3) is 0.588. The van der Waals surface area contributed by atoms with Crippen LogP contribution in [0.15, 0.2) is 17.0 Å². The summed E-state index contributed by atoms with van der Waals surface area (Å²) in [5, 5.41) is 11.4. The average molecular weight is 427 g/mol. The number of fused-ring (bicyclic) bond motifs is 1. The number of sulfonamides is 1. The van der Waals surface area contributed by atoms with Crippen LogP contribution in [0.3, 0.4) is 0 Å². The maximum absolute atomic E-state index is 12.9. The van der Waals surface area contributed by atoms with E-state index in [1.807, 2.05) is 4.90 Å². The van der Waals surface area contributed by atoms with Gasteiger partial charge in [-0.3, -0.25) is 19.8 Å². The number of nitrogens with zero attached hydrogens (tertiary/aromatic N) is 2. The predicted octanol–water partition coefficient (Wildman–Crippen LogP) is 0.424. The summed E-state index contributed by atoms with van der Waals surface area (Å²) in [4.78, 5) is 24.0. The maximum atomic E-state index is 12.9. The van der Waals surface area contributed by atoms with Gasteiger partial charge in [-0.1, -0.05) is 0 Å². The highest BCUT2D eigenvalue weighted by molar-refractivity contribution is 7.89. The van der Waals surface area contributed by atoms with Gasteiger partial charge in [0.05, 0.1) is 17.6 Å². The lowest BCUT2D eigenvalue weighted by atomic mass is 10.0. The van der Waals surface area contributed by atoms with Gasteiger partial charge in [-0.05, 0) is 12.8 Å². The summed E-state index contributed by atoms with van der Waals surface area (Å²) in [6.07, 6.45) is 1.61. The van der Waals surface area contributed by atoms with Crippen LogP contribution < -0.4 is 14.2 Å². The molecule has 0 saturated carbocycles. The van der Waals surface area contributed by atoms with Gasteiger partial charge in [-0.25, -0.2) is 13.1 Å². The van der Waals surface area contributed by atoms with Gasteiger partial charge in [0.25, 0.3) is 5.69 Å². The first-order valence-electron chi connectivity index (χ1n) is 9.36. The lowest BCUT2D eigenvalue weighted by molar-refractivity contribution is -0.388. The Hall–Kier alpha value is -2.44. The molecule has 1 aromatic rings. The Labute approximate surface area is 167 Å². The quantitative estimate of drug-likeness (QED) is 0.403. The average Bonchev–Trinajstić information content (AvgIpc) is 3.13. The van der Waals surface area contributed by atoms with Crippen LogP contribution in [0.1, 0.15) is 19.3 Å². The molecule has 4 rings (SSSR count). The molecule has 3 aliphatic heterocycles. The number of rotatable bonds is 5. The number of hydrogen-bond donors (Lipinski definition) is 1. The molecule has 3 heterocycles. The van der Waals surface area contributed by atoms with Gasteiger partial charge in [0.15, 0.2) is 16.4 Å². The third-order valence-electron chi connectivity index (χ3n) is 5.31. The van der Waals surface area contributed by atoms with Crippen LogP contribution in [0.5, 0.6) is 11.5 Å². The Balaban J connectivity index is 1.49. The van der Waals surface area contributed by atoms with Gasteiger partial charge in [0, 0.05) is 31.6 Å². The normalized spacial score (nSPS) is 23.0. The van der Waals surface area contributed by atoms with Gasteiger partial charge < -0.3 is 14.2 Å². The molecule has 1 atom stereocenters. The summed E-state index contributed by atoms with van der Waals surface area (Å²) in [7, 11) is -4.15. The number of nitro groups is 1. The Bertz CT molecular complexity index is 927. The number of nitro benzene ring substituents is 1. The summed E-state index contributed by atoms with van der Waals surface area (Å²) in [6, 6.07) is 1.56. The molecule has 1 N–H and O–H groups in total. The highest BCUT2D eigenvalue weighted by Gasteiger charge is 2.37. The SMILES string of the molecule is O=C1OCCC1N1CCC(NS(=O)(=O)c2cc3c(cc2[N+](=O)[O-])OCCO3)CC1. The molecule has 3 aliphatic rings. The minimum Gasteiger partial charge on any atom is -0.486 e. The Morgan fingerprint density at radius 3 is 2.28 bits per heavy atom. The lowest BCUT2D eigenvalue weighted by Gasteiger charge is -2.34. The number of benzene rings is 1. The molecule has 0 bridgehead atoms. The fourth-order valence-corrected chi connectivity index (χ4v) is 5.32. The number of nitrogens with one attached hydrogen (secondary N) is 1. The number of likely N-dealkylation sites (tertiary alicyclic amines) is 1. The topological polar surface area (TPSA) is 137 Å². The molecule has 11 nitrogen and oxygen atoms in total. The fourth-order valence-electron chi connectivity index (χ4n) is 3.85. The molecule has 0 aliphatic carbocycles. The van der Waals surface area contributed by atoms with Crippen molar-refractivity contribution in [2.45, 2.75) is 36.2 Å². The van der Waals surface area contributed by atoms with Crippen molar-refractivity contribution in [2.75, 3.05) is 32.9 Å². The van der Waals surface area contributed by atoms with Gasteiger partial charge in [0.2, 0.25) is 10.0 Å². The van der Waals surface area contributed by atoms with E-state index in [1.54, 1.807) is 0 Å². The minimum absolute atomic E-state index is 0.152. The second kappa shape index (κ2) is 7.76. The van der Waals surface area contributed by atoms with Crippen LogP contribution in [-0.4, -0.2) is 69.2 Å². The van der Waals surface area contributed by atoms with Crippen molar-refractivity contribution in [1.82, 2.24) is 9.62 Å². The number of cyclic esters (lactones) is 1. The second-order valence-corrected chi connectivity index (χ2v) is 8.81. The highest BCUT2D eigenvalue weighted by Crippen LogP contribution is 2.38. The van der Waals surface area contributed by atoms with Gasteiger partial charge >= 0.3 is 5.97 Å². The van der Waals surface area contributed by atoms with E-state index in [1.165, 1.54) is 0 Å². The summed E-state index contributed by atoms with van der Waals surface area (Å²) in [6.45, 7) is 1.96. The molecule has 158 valence electrons. The molecular formula is C17H21N3O8S. The smallest absolute Gasteiger partial charge is 0.323 e. The maximum Gasteiger partial charge on any atom is 0.323 e. The summed E-state index contributed by atoms with van der Waals surface area (Å²) < 4.78 is 44.0. The number of carbonyl (C=O) groups excluding carboxylic acids is 1. The molecule has 0 aromatic heterocycles. The molecule has 2 saturated heterocycles. The van der Waals surface area contributed by atoms with Crippen LogP contribution in [0.25, 0.3) is 0 Å². The van der Waals surface area contributed by atoms with Gasteiger partial charge in [0.1, 0.15) is 19.3 Å². The number of hydrogen-bond acceptors (Lipinski definition) is 9. The van der Waals surface area contributed by atoms with E-state index in [9.17, 15) is 23.3 Å². The van der Waals surface area contributed by atoms with E-state index in [-0.39, 0.29) is 42.8 Å². The van der Waals surface area contributed by atoms with Crippen molar-refractivity contribution in [3.05, 3.63) is 22.2 Å². The van der Waals surface area contributed by atoms with E-state index in [0.717, 1.165) is 12.1 Å². The van der Waals surface area contributed by atoms with Gasteiger partial charge in [-0.15, -0.1) is 0 Å². The number of piperidine rings is 1. The van der Waals surface area contributed by atoms with E-state index >= 15 is 0 Å². The van der Waals surface area contributed by atoms with Crippen LogP contribution in [0.2, 0.25) is 0 Å². The molecule has 29 heavy (non-hydrogen) atoms. The Morgan fingerprint density at radius 1 is 1.03 bits per heavy atom. The highest BCUT2D eigenvalue weighted by atomic mass is 32.2. The molecule has 1 unspecified atom stereocenters. The molecule has 0 amide bonds. The molecule has 1 aromatic carbocycles. The molecule has 0 radical (unpaired) electrons. The monoisotopic (exact) mass is 427 g/mol. The molecule has 12 heteroatoms. The predicted molar refractivity (Wildman–Crippen MR) is 98.4 cm³/mol. The van der Waals surface area contributed by atoms with Crippen LogP contribution in [-0.2, 0) is 19.6 Å².